The molecule has 4 nitrogen and oxygen atoms in total. The van der Waals surface area contributed by atoms with E-state index in [0.29, 0.717) is 11.5 Å². The van der Waals surface area contributed by atoms with Crippen LogP contribution in [0.2, 0.25) is 0 Å². The van der Waals surface area contributed by atoms with E-state index in [9.17, 15) is 0 Å². The Morgan fingerprint density at radius 3 is 1.63 bits per heavy atom. The van der Waals surface area contributed by atoms with Gasteiger partial charge in [-0.1, -0.05) is 127 Å². The summed E-state index contributed by atoms with van der Waals surface area (Å²) in [6.45, 7) is 0. The Morgan fingerprint density at radius 2 is 0.944 bits per heavy atom. The highest BCUT2D eigenvalue weighted by Crippen LogP contribution is 2.48. The number of aromatic nitrogens is 1. The maximum atomic E-state index is 6.79. The zero-order chi connectivity index (χ0) is 35.8. The Balaban J connectivity index is 1.24. The van der Waals surface area contributed by atoms with Gasteiger partial charge in [-0.05, 0) is 83.9 Å². The number of oxazole rings is 1. The van der Waals surface area contributed by atoms with Crippen molar-refractivity contribution in [2.24, 2.45) is 0 Å². The van der Waals surface area contributed by atoms with E-state index in [1.165, 1.54) is 25.7 Å². The van der Waals surface area contributed by atoms with Gasteiger partial charge in [0.15, 0.2) is 5.58 Å². The Labute approximate surface area is 317 Å². The van der Waals surface area contributed by atoms with E-state index in [-0.39, 0.29) is 0 Å². The van der Waals surface area contributed by atoms with E-state index in [0.717, 1.165) is 50.8 Å². The van der Waals surface area contributed by atoms with Crippen LogP contribution in [-0.2, 0) is 0 Å². The Hall–Kier alpha value is -6.95. The van der Waals surface area contributed by atoms with Gasteiger partial charge in [-0.3, -0.25) is 0 Å². The number of nitrogens with zero attached hydrogens (tertiary/aromatic N) is 3. The molecular weight excluding hydrogens is 679 g/mol. The smallest absolute Gasteiger partial charge is 0.227 e. The normalized spacial score (nSPS) is 11.3. The molecule has 0 saturated carbocycles. The minimum Gasteiger partial charge on any atom is -0.434 e. The maximum Gasteiger partial charge on any atom is 0.227 e. The molecule has 0 N–H and O–H groups in total. The molecule has 2 aromatic heterocycles. The molecule has 0 aliphatic carbocycles. The number of para-hydroxylation sites is 2. The van der Waals surface area contributed by atoms with Crippen LogP contribution >= 0.6 is 11.3 Å². The fourth-order valence-corrected chi connectivity index (χ4v) is 8.56. The van der Waals surface area contributed by atoms with Crippen LogP contribution < -0.4 is 9.80 Å². The zero-order valence-corrected chi connectivity index (χ0v) is 30.0. The lowest BCUT2D eigenvalue weighted by Gasteiger charge is -2.29. The number of anilines is 6. The molecule has 2 heterocycles. The summed E-state index contributed by atoms with van der Waals surface area (Å²) in [6, 6.07) is 70.2. The summed E-state index contributed by atoms with van der Waals surface area (Å²) in [4.78, 5) is 9.82. The number of hydrogen-bond acceptors (Lipinski definition) is 5. The van der Waals surface area contributed by atoms with E-state index >= 15 is 0 Å². The van der Waals surface area contributed by atoms with Crippen molar-refractivity contribution in [2.75, 3.05) is 9.80 Å². The topological polar surface area (TPSA) is 32.5 Å². The lowest BCUT2D eigenvalue weighted by molar-refractivity contribution is 0.620. The fourth-order valence-electron chi connectivity index (χ4n) is 7.35. The summed E-state index contributed by atoms with van der Waals surface area (Å²) in [7, 11) is 0. The first-order valence-electron chi connectivity index (χ1n) is 18.0. The molecule has 5 heteroatoms. The molecular formula is C49H33N3OS. The molecule has 0 aliphatic heterocycles. The van der Waals surface area contributed by atoms with Crippen LogP contribution in [0.25, 0.3) is 53.9 Å². The van der Waals surface area contributed by atoms with Crippen molar-refractivity contribution >= 4 is 76.7 Å². The molecule has 0 fully saturated rings. The van der Waals surface area contributed by atoms with Crippen LogP contribution in [0.1, 0.15) is 0 Å². The van der Waals surface area contributed by atoms with Crippen molar-refractivity contribution in [3.63, 3.8) is 0 Å². The van der Waals surface area contributed by atoms with Crippen LogP contribution in [-0.4, -0.2) is 4.98 Å². The Kier molecular flexibility index (Phi) is 7.97. The van der Waals surface area contributed by atoms with Crippen LogP contribution in [0.5, 0.6) is 0 Å². The molecule has 0 unspecified atom stereocenters. The number of hydrogen-bond donors (Lipinski definition) is 0. The van der Waals surface area contributed by atoms with Crippen LogP contribution in [0, 0.1) is 0 Å². The average Bonchev–Trinajstić information content (AvgIpc) is 3.86. The third kappa shape index (κ3) is 5.68. The molecule has 0 amide bonds. The van der Waals surface area contributed by atoms with Crippen LogP contribution in [0.3, 0.4) is 0 Å². The predicted molar refractivity (Wildman–Crippen MR) is 227 cm³/mol. The number of benzene rings is 8. The standard InChI is InChI=1S/C49H33N3OS/c1-5-16-34(17-6-1)35-28-30-39(31-29-35)51(37-20-9-3-10-21-37)45-33-40(32-43-47(45)53-49(50-43)36-18-7-2-8-19-36)52(38-22-11-4-12-23-38)44-26-15-25-42-41-24-13-14-27-46(41)54-48(42)44/h1-33H. The van der Waals surface area contributed by atoms with Gasteiger partial charge in [0.2, 0.25) is 5.89 Å². The fraction of sp³-hybridized carbons (Fsp3) is 0. The molecule has 54 heavy (non-hydrogen) atoms. The van der Waals surface area contributed by atoms with Crippen molar-refractivity contribution in [3.8, 4) is 22.6 Å². The van der Waals surface area contributed by atoms with E-state index in [1.54, 1.807) is 0 Å². The highest BCUT2D eigenvalue weighted by atomic mass is 32.1. The van der Waals surface area contributed by atoms with Gasteiger partial charge in [0.05, 0.1) is 21.8 Å². The molecule has 0 saturated heterocycles. The molecule has 0 atom stereocenters. The molecule has 0 radical (unpaired) electrons. The van der Waals surface area contributed by atoms with E-state index in [4.69, 9.17) is 9.40 Å². The van der Waals surface area contributed by atoms with Gasteiger partial charge in [0, 0.05) is 38.1 Å². The first-order chi connectivity index (χ1) is 26.8. The van der Waals surface area contributed by atoms with Crippen molar-refractivity contribution in [1.29, 1.82) is 0 Å². The third-order valence-electron chi connectivity index (χ3n) is 9.86. The second kappa shape index (κ2) is 13.6. The van der Waals surface area contributed by atoms with Crippen LogP contribution in [0.4, 0.5) is 34.1 Å². The third-order valence-corrected chi connectivity index (χ3v) is 11.1. The summed E-state index contributed by atoms with van der Waals surface area (Å²) in [5.74, 6) is 0.578. The Bertz CT molecular complexity index is 2870. The van der Waals surface area contributed by atoms with Gasteiger partial charge in [-0.25, -0.2) is 4.98 Å². The van der Waals surface area contributed by atoms with Gasteiger partial charge >= 0.3 is 0 Å². The summed E-state index contributed by atoms with van der Waals surface area (Å²) in [6.07, 6.45) is 0. The maximum absolute atomic E-state index is 6.79. The molecule has 10 rings (SSSR count). The summed E-state index contributed by atoms with van der Waals surface area (Å²) in [5.41, 5.74) is 10.8. The van der Waals surface area contributed by atoms with Gasteiger partial charge < -0.3 is 14.2 Å². The second-order valence-electron chi connectivity index (χ2n) is 13.2. The summed E-state index contributed by atoms with van der Waals surface area (Å²) in [5, 5.41) is 2.51. The van der Waals surface area contributed by atoms with Crippen molar-refractivity contribution in [1.82, 2.24) is 4.98 Å². The predicted octanol–water partition coefficient (Wildman–Crippen LogP) is 14.5. The zero-order valence-electron chi connectivity index (χ0n) is 29.2. The number of rotatable bonds is 8. The SMILES string of the molecule is c1ccc(-c2ccc(N(c3ccccc3)c3cc(N(c4ccccc4)c4cccc5c4sc4ccccc45)cc4nc(-c5ccccc5)oc34)cc2)cc1. The molecule has 10 aromatic rings. The van der Waals surface area contributed by atoms with Crippen molar-refractivity contribution < 1.29 is 4.42 Å². The van der Waals surface area contributed by atoms with Crippen LogP contribution in [0.15, 0.2) is 205 Å². The lowest BCUT2D eigenvalue weighted by atomic mass is 10.0. The van der Waals surface area contributed by atoms with E-state index in [1.807, 2.05) is 47.7 Å². The van der Waals surface area contributed by atoms with Crippen molar-refractivity contribution in [3.05, 3.63) is 200 Å². The van der Waals surface area contributed by atoms with Gasteiger partial charge in [0.1, 0.15) is 5.52 Å². The molecule has 256 valence electrons. The lowest BCUT2D eigenvalue weighted by Crippen LogP contribution is -2.13. The van der Waals surface area contributed by atoms with Gasteiger partial charge in [-0.2, -0.15) is 0 Å². The van der Waals surface area contributed by atoms with Crippen molar-refractivity contribution in [2.45, 2.75) is 0 Å². The largest absolute Gasteiger partial charge is 0.434 e. The minimum absolute atomic E-state index is 0.578. The van der Waals surface area contributed by atoms with Gasteiger partial charge in [-0.15, -0.1) is 11.3 Å². The molecule has 0 aliphatic rings. The summed E-state index contributed by atoms with van der Waals surface area (Å²) >= 11 is 1.83. The summed E-state index contributed by atoms with van der Waals surface area (Å²) < 4.78 is 9.28. The van der Waals surface area contributed by atoms with E-state index in [2.05, 4.69) is 174 Å². The average molecular weight is 712 g/mol. The highest BCUT2D eigenvalue weighted by Gasteiger charge is 2.25. The number of fused-ring (bicyclic) bond motifs is 4. The van der Waals surface area contributed by atoms with E-state index < -0.39 is 0 Å². The monoisotopic (exact) mass is 711 g/mol. The first kappa shape index (κ1) is 31.8. The number of thiophene rings is 1. The quantitative estimate of drug-likeness (QED) is 0.157. The molecule has 0 bridgehead atoms. The molecule has 8 aromatic carbocycles. The van der Waals surface area contributed by atoms with Gasteiger partial charge in [0.25, 0.3) is 0 Å². The first-order valence-corrected chi connectivity index (χ1v) is 18.9. The minimum atomic E-state index is 0.578. The second-order valence-corrected chi connectivity index (χ2v) is 14.3. The Morgan fingerprint density at radius 1 is 0.407 bits per heavy atom. The molecule has 0 spiro atoms. The highest BCUT2D eigenvalue weighted by molar-refractivity contribution is 7.26.